The molecule has 0 radical (unpaired) electrons. The SMILES string of the molecule is O=C(NCCOc1cccc2cccnc12)c1ccccc1[N+](=O)[O-]. The largest absolute Gasteiger partial charge is 0.489 e. The van der Waals surface area contributed by atoms with Gasteiger partial charge in [-0.05, 0) is 18.2 Å². The highest BCUT2D eigenvalue weighted by molar-refractivity contribution is 5.98. The van der Waals surface area contributed by atoms with Crippen molar-refractivity contribution in [3.05, 3.63) is 76.5 Å². The second-order valence-corrected chi connectivity index (χ2v) is 5.21. The molecular weight excluding hydrogens is 322 g/mol. The summed E-state index contributed by atoms with van der Waals surface area (Å²) in [6.45, 7) is 0.441. The number of benzene rings is 2. The molecule has 0 bridgehead atoms. The molecule has 1 N–H and O–H groups in total. The van der Waals surface area contributed by atoms with Gasteiger partial charge in [0.1, 0.15) is 23.4 Å². The lowest BCUT2D eigenvalue weighted by Crippen LogP contribution is -2.28. The summed E-state index contributed by atoms with van der Waals surface area (Å²) in [5, 5.41) is 14.5. The number of fused-ring (bicyclic) bond motifs is 1. The van der Waals surface area contributed by atoms with Gasteiger partial charge in [-0.3, -0.25) is 19.9 Å². The lowest BCUT2D eigenvalue weighted by atomic mass is 10.1. The van der Waals surface area contributed by atoms with Crippen molar-refractivity contribution in [2.75, 3.05) is 13.2 Å². The van der Waals surface area contributed by atoms with Crippen LogP contribution in [-0.2, 0) is 0 Å². The summed E-state index contributed by atoms with van der Waals surface area (Å²) in [7, 11) is 0. The van der Waals surface area contributed by atoms with E-state index in [0.29, 0.717) is 5.75 Å². The summed E-state index contributed by atoms with van der Waals surface area (Å²) in [4.78, 5) is 26.8. The van der Waals surface area contributed by atoms with Crippen molar-refractivity contribution in [2.45, 2.75) is 0 Å². The molecule has 1 amide bonds. The van der Waals surface area contributed by atoms with E-state index < -0.39 is 10.8 Å². The summed E-state index contributed by atoms with van der Waals surface area (Å²) >= 11 is 0. The lowest BCUT2D eigenvalue weighted by Gasteiger charge is -2.09. The van der Waals surface area contributed by atoms with Crippen LogP contribution in [0.25, 0.3) is 10.9 Å². The standard InChI is InChI=1S/C18H15N3O4/c22-18(14-7-1-2-8-15(14)21(23)24)20-11-12-25-16-9-3-5-13-6-4-10-19-17(13)16/h1-10H,11-12H2,(H,20,22). The van der Waals surface area contributed by atoms with Gasteiger partial charge in [0.15, 0.2) is 0 Å². The molecular formula is C18H15N3O4. The molecule has 1 heterocycles. The van der Waals surface area contributed by atoms with Crippen molar-refractivity contribution < 1.29 is 14.5 Å². The zero-order valence-electron chi connectivity index (χ0n) is 13.2. The average molecular weight is 337 g/mol. The van der Waals surface area contributed by atoms with Crippen LogP contribution in [0.4, 0.5) is 5.69 Å². The molecule has 0 atom stereocenters. The first kappa shape index (κ1) is 16.4. The van der Waals surface area contributed by atoms with Crippen molar-refractivity contribution in [1.29, 1.82) is 0 Å². The minimum atomic E-state index is -0.576. The number of nitro benzene ring substituents is 1. The molecule has 25 heavy (non-hydrogen) atoms. The van der Waals surface area contributed by atoms with Crippen molar-refractivity contribution in [2.24, 2.45) is 0 Å². The number of carbonyl (C=O) groups excluding carboxylic acids is 1. The molecule has 0 saturated carbocycles. The van der Waals surface area contributed by atoms with Gasteiger partial charge < -0.3 is 10.1 Å². The fraction of sp³-hybridized carbons (Fsp3) is 0.111. The Labute approximate surface area is 143 Å². The number of para-hydroxylation sites is 2. The molecule has 3 aromatic rings. The Morgan fingerprint density at radius 3 is 2.76 bits per heavy atom. The molecule has 3 rings (SSSR count). The van der Waals surface area contributed by atoms with Crippen molar-refractivity contribution >= 4 is 22.5 Å². The quantitative estimate of drug-likeness (QED) is 0.424. The smallest absolute Gasteiger partial charge is 0.282 e. The molecule has 0 aliphatic heterocycles. The first-order valence-electron chi connectivity index (χ1n) is 7.65. The van der Waals surface area contributed by atoms with Crippen LogP contribution < -0.4 is 10.1 Å². The van der Waals surface area contributed by atoms with Gasteiger partial charge in [-0.15, -0.1) is 0 Å². The molecule has 7 nitrogen and oxygen atoms in total. The topological polar surface area (TPSA) is 94.4 Å². The van der Waals surface area contributed by atoms with Crippen molar-refractivity contribution in [3.63, 3.8) is 0 Å². The third-order valence-corrected chi connectivity index (χ3v) is 3.59. The Hall–Kier alpha value is -3.48. The van der Waals surface area contributed by atoms with Crippen LogP contribution >= 0.6 is 0 Å². The van der Waals surface area contributed by atoms with Gasteiger partial charge in [-0.2, -0.15) is 0 Å². The Morgan fingerprint density at radius 2 is 1.92 bits per heavy atom. The van der Waals surface area contributed by atoms with Gasteiger partial charge in [0.2, 0.25) is 0 Å². The Morgan fingerprint density at radius 1 is 1.12 bits per heavy atom. The van der Waals surface area contributed by atoms with Crippen LogP contribution in [0, 0.1) is 10.1 Å². The third kappa shape index (κ3) is 3.72. The fourth-order valence-corrected chi connectivity index (χ4v) is 2.44. The summed E-state index contributed by atoms with van der Waals surface area (Å²) in [6.07, 6.45) is 1.69. The number of aromatic nitrogens is 1. The van der Waals surface area contributed by atoms with E-state index in [9.17, 15) is 14.9 Å². The number of hydrogen-bond donors (Lipinski definition) is 1. The number of amides is 1. The van der Waals surface area contributed by atoms with Crippen LogP contribution in [0.1, 0.15) is 10.4 Å². The number of nitro groups is 1. The van der Waals surface area contributed by atoms with Crippen LogP contribution in [0.15, 0.2) is 60.8 Å². The Bertz CT molecular complexity index is 922. The average Bonchev–Trinajstić information content (AvgIpc) is 2.65. The Kier molecular flexibility index (Phi) is 4.84. The van der Waals surface area contributed by atoms with E-state index in [2.05, 4.69) is 10.3 Å². The maximum absolute atomic E-state index is 12.1. The second-order valence-electron chi connectivity index (χ2n) is 5.21. The van der Waals surface area contributed by atoms with Crippen molar-refractivity contribution in [3.8, 4) is 5.75 Å². The molecule has 1 aromatic heterocycles. The van der Waals surface area contributed by atoms with Crippen LogP contribution in [-0.4, -0.2) is 29.0 Å². The molecule has 0 aliphatic rings. The predicted octanol–water partition coefficient (Wildman–Crippen LogP) is 2.95. The molecule has 0 fully saturated rings. The summed E-state index contributed by atoms with van der Waals surface area (Å²) in [5.41, 5.74) is 0.550. The maximum atomic E-state index is 12.1. The highest BCUT2D eigenvalue weighted by Gasteiger charge is 2.18. The van der Waals surface area contributed by atoms with Crippen molar-refractivity contribution in [1.82, 2.24) is 10.3 Å². The molecule has 0 spiro atoms. The maximum Gasteiger partial charge on any atom is 0.282 e. The number of hydrogen-bond acceptors (Lipinski definition) is 5. The number of pyridine rings is 1. The third-order valence-electron chi connectivity index (χ3n) is 3.59. The monoisotopic (exact) mass is 337 g/mol. The van der Waals surface area contributed by atoms with Gasteiger partial charge in [0, 0.05) is 17.6 Å². The van der Waals surface area contributed by atoms with Crippen LogP contribution in [0.3, 0.4) is 0 Å². The number of ether oxygens (including phenoxy) is 1. The summed E-state index contributed by atoms with van der Waals surface area (Å²) < 4.78 is 5.67. The van der Waals surface area contributed by atoms with E-state index in [0.717, 1.165) is 10.9 Å². The summed E-state index contributed by atoms with van der Waals surface area (Å²) in [6, 6.07) is 15.2. The second kappa shape index (κ2) is 7.39. The van der Waals surface area contributed by atoms with E-state index in [-0.39, 0.29) is 24.4 Å². The zero-order chi connectivity index (χ0) is 17.6. The van der Waals surface area contributed by atoms with Gasteiger partial charge in [0.25, 0.3) is 11.6 Å². The number of carbonyl (C=O) groups is 1. The molecule has 7 heteroatoms. The van der Waals surface area contributed by atoms with E-state index in [1.54, 1.807) is 18.3 Å². The highest BCUT2D eigenvalue weighted by atomic mass is 16.6. The zero-order valence-corrected chi connectivity index (χ0v) is 13.2. The normalized spacial score (nSPS) is 10.4. The number of nitrogens with one attached hydrogen (secondary N) is 1. The fourth-order valence-electron chi connectivity index (χ4n) is 2.44. The first-order chi connectivity index (χ1) is 12.2. The van der Waals surface area contributed by atoms with E-state index >= 15 is 0 Å². The van der Waals surface area contributed by atoms with Gasteiger partial charge in [-0.1, -0.05) is 30.3 Å². The highest BCUT2D eigenvalue weighted by Crippen LogP contribution is 2.22. The summed E-state index contributed by atoms with van der Waals surface area (Å²) in [5.74, 6) is 0.116. The minimum Gasteiger partial charge on any atom is -0.489 e. The van der Waals surface area contributed by atoms with E-state index in [4.69, 9.17) is 4.74 Å². The molecule has 2 aromatic carbocycles. The number of rotatable bonds is 6. The van der Waals surface area contributed by atoms with Gasteiger partial charge >= 0.3 is 0 Å². The van der Waals surface area contributed by atoms with E-state index in [1.807, 2.05) is 24.3 Å². The lowest BCUT2D eigenvalue weighted by molar-refractivity contribution is -0.385. The molecule has 126 valence electrons. The minimum absolute atomic E-state index is 0.0272. The van der Waals surface area contributed by atoms with Gasteiger partial charge in [0.05, 0.1) is 11.5 Å². The van der Waals surface area contributed by atoms with Gasteiger partial charge in [-0.25, -0.2) is 0 Å². The van der Waals surface area contributed by atoms with Crippen LogP contribution in [0.5, 0.6) is 5.75 Å². The predicted molar refractivity (Wildman–Crippen MR) is 92.7 cm³/mol. The molecule has 0 unspecified atom stereocenters. The molecule has 0 aliphatic carbocycles. The van der Waals surface area contributed by atoms with E-state index in [1.165, 1.54) is 18.2 Å². The first-order valence-corrected chi connectivity index (χ1v) is 7.65. The van der Waals surface area contributed by atoms with Crippen LogP contribution in [0.2, 0.25) is 0 Å². The number of nitrogens with zero attached hydrogens (tertiary/aromatic N) is 2. The molecule has 0 saturated heterocycles. The Balaban J connectivity index is 1.60.